The van der Waals surface area contributed by atoms with Gasteiger partial charge in [-0.25, -0.2) is 15.0 Å². The number of hydrogen-bond acceptors (Lipinski definition) is 7. The lowest BCUT2D eigenvalue weighted by molar-refractivity contribution is -0.142. The second-order valence-corrected chi connectivity index (χ2v) is 7.87. The summed E-state index contributed by atoms with van der Waals surface area (Å²) >= 11 is 1.58. The summed E-state index contributed by atoms with van der Waals surface area (Å²) < 4.78 is 0. The summed E-state index contributed by atoms with van der Waals surface area (Å²) in [4.78, 5) is 27.8. The molecule has 0 saturated carbocycles. The van der Waals surface area contributed by atoms with E-state index in [-0.39, 0.29) is 5.92 Å². The van der Waals surface area contributed by atoms with Gasteiger partial charge in [0.25, 0.3) is 0 Å². The highest BCUT2D eigenvalue weighted by atomic mass is 32.1. The Labute approximate surface area is 167 Å². The van der Waals surface area contributed by atoms with Gasteiger partial charge in [-0.1, -0.05) is 17.4 Å². The number of hydrogen-bond donors (Lipinski definition) is 2. The van der Waals surface area contributed by atoms with E-state index in [2.05, 4.69) is 25.2 Å². The number of carboxylic acids is 1. The van der Waals surface area contributed by atoms with Crippen LogP contribution in [0.15, 0.2) is 42.7 Å². The van der Waals surface area contributed by atoms with Gasteiger partial charge in [-0.2, -0.15) is 0 Å². The van der Waals surface area contributed by atoms with Crippen LogP contribution in [-0.2, 0) is 4.79 Å². The number of aliphatic carboxylic acids is 1. The van der Waals surface area contributed by atoms with E-state index in [1.165, 1.54) is 0 Å². The van der Waals surface area contributed by atoms with Crippen molar-refractivity contribution in [1.82, 2.24) is 15.0 Å². The number of carboxylic acid groups (broad SMARTS) is 1. The molecule has 0 aliphatic carbocycles. The number of aryl methyl sites for hydroxylation is 1. The first-order valence-electron chi connectivity index (χ1n) is 9.19. The predicted molar refractivity (Wildman–Crippen MR) is 110 cm³/mol. The lowest BCUT2D eigenvalue weighted by atomic mass is 9.98. The molecule has 0 unspecified atom stereocenters. The lowest BCUT2D eigenvalue weighted by Gasteiger charge is -2.29. The maximum absolute atomic E-state index is 11.1. The standard InChI is InChI=1S/C20H21N5O2S/c1-13-5-8-21-18(11-13)24-17-4-2-3-15(23-17)16-12-22-20(28-16)25-9-6-14(7-10-25)19(26)27/h2-5,8,11-12,14H,6-7,9-10H2,1H3,(H,26,27)(H,21,23,24). The van der Waals surface area contributed by atoms with E-state index in [0.717, 1.165) is 46.0 Å². The van der Waals surface area contributed by atoms with Crippen molar-refractivity contribution in [3.8, 4) is 10.6 Å². The highest BCUT2D eigenvalue weighted by Crippen LogP contribution is 2.33. The van der Waals surface area contributed by atoms with Crippen molar-refractivity contribution in [2.45, 2.75) is 19.8 Å². The lowest BCUT2D eigenvalue weighted by Crippen LogP contribution is -2.36. The summed E-state index contributed by atoms with van der Waals surface area (Å²) in [5.41, 5.74) is 1.98. The van der Waals surface area contributed by atoms with Gasteiger partial charge in [0.1, 0.15) is 11.6 Å². The molecule has 0 atom stereocenters. The van der Waals surface area contributed by atoms with Crippen LogP contribution in [0.25, 0.3) is 10.6 Å². The fourth-order valence-electron chi connectivity index (χ4n) is 3.22. The third-order valence-electron chi connectivity index (χ3n) is 4.78. The van der Waals surface area contributed by atoms with E-state index in [1.54, 1.807) is 17.5 Å². The number of piperidine rings is 1. The molecule has 1 saturated heterocycles. The molecule has 0 spiro atoms. The van der Waals surface area contributed by atoms with Gasteiger partial charge in [-0.3, -0.25) is 4.79 Å². The molecule has 28 heavy (non-hydrogen) atoms. The molecule has 0 radical (unpaired) electrons. The topological polar surface area (TPSA) is 91.2 Å². The number of aromatic nitrogens is 3. The molecule has 3 aromatic heterocycles. The minimum Gasteiger partial charge on any atom is -0.481 e. The van der Waals surface area contributed by atoms with Crippen LogP contribution in [0.4, 0.5) is 16.8 Å². The monoisotopic (exact) mass is 395 g/mol. The molecule has 4 rings (SSSR count). The van der Waals surface area contributed by atoms with Crippen molar-refractivity contribution in [2.24, 2.45) is 5.92 Å². The normalized spacial score (nSPS) is 14.8. The van der Waals surface area contributed by atoms with Crippen molar-refractivity contribution < 1.29 is 9.90 Å². The molecule has 3 aromatic rings. The van der Waals surface area contributed by atoms with Gasteiger partial charge in [-0.05, 0) is 49.6 Å². The minimum atomic E-state index is -0.698. The van der Waals surface area contributed by atoms with Gasteiger partial charge in [0.2, 0.25) is 0 Å². The van der Waals surface area contributed by atoms with Gasteiger partial charge in [0.05, 0.1) is 16.5 Å². The second-order valence-electron chi connectivity index (χ2n) is 6.86. The number of rotatable bonds is 5. The van der Waals surface area contributed by atoms with Crippen LogP contribution < -0.4 is 10.2 Å². The van der Waals surface area contributed by atoms with E-state index in [0.29, 0.717) is 12.8 Å². The zero-order chi connectivity index (χ0) is 19.5. The van der Waals surface area contributed by atoms with Crippen LogP contribution in [0.2, 0.25) is 0 Å². The molecule has 0 bridgehead atoms. The zero-order valence-corrected chi connectivity index (χ0v) is 16.3. The highest BCUT2D eigenvalue weighted by molar-refractivity contribution is 7.18. The largest absolute Gasteiger partial charge is 0.481 e. The summed E-state index contributed by atoms with van der Waals surface area (Å²) in [6.45, 7) is 3.46. The molecule has 8 heteroatoms. The highest BCUT2D eigenvalue weighted by Gasteiger charge is 2.26. The Morgan fingerprint density at radius 2 is 2.04 bits per heavy atom. The van der Waals surface area contributed by atoms with Crippen LogP contribution in [0.5, 0.6) is 0 Å². The summed E-state index contributed by atoms with van der Waals surface area (Å²) in [5, 5.41) is 13.3. The summed E-state index contributed by atoms with van der Waals surface area (Å²) in [7, 11) is 0. The quantitative estimate of drug-likeness (QED) is 0.676. The molecular weight excluding hydrogens is 374 g/mol. The molecule has 1 aliphatic heterocycles. The summed E-state index contributed by atoms with van der Waals surface area (Å²) in [6.07, 6.45) is 4.92. The van der Waals surface area contributed by atoms with Crippen LogP contribution in [0.3, 0.4) is 0 Å². The summed E-state index contributed by atoms with van der Waals surface area (Å²) in [6, 6.07) is 9.75. The number of nitrogens with one attached hydrogen (secondary N) is 1. The molecule has 0 amide bonds. The minimum absolute atomic E-state index is 0.240. The first kappa shape index (κ1) is 18.4. The first-order valence-corrected chi connectivity index (χ1v) is 10.0. The zero-order valence-electron chi connectivity index (χ0n) is 15.5. The molecule has 144 valence electrons. The van der Waals surface area contributed by atoms with Crippen molar-refractivity contribution in [1.29, 1.82) is 0 Å². The second kappa shape index (κ2) is 7.93. The SMILES string of the molecule is Cc1ccnc(Nc2cccc(-c3cnc(N4CCC(C(=O)O)CC4)s3)n2)c1. The molecule has 7 nitrogen and oxygen atoms in total. The third-order valence-corrected chi connectivity index (χ3v) is 5.86. The van der Waals surface area contributed by atoms with E-state index < -0.39 is 5.97 Å². The van der Waals surface area contributed by atoms with Crippen molar-refractivity contribution in [2.75, 3.05) is 23.3 Å². The molecule has 1 aliphatic rings. The van der Waals surface area contributed by atoms with Gasteiger partial charge in [-0.15, -0.1) is 0 Å². The van der Waals surface area contributed by atoms with Gasteiger partial charge >= 0.3 is 5.97 Å². The third kappa shape index (κ3) is 4.12. The number of carbonyl (C=O) groups is 1. The van der Waals surface area contributed by atoms with E-state index in [9.17, 15) is 4.79 Å². The molecular formula is C20H21N5O2S. The van der Waals surface area contributed by atoms with Gasteiger partial charge in [0, 0.05) is 25.5 Å². The van der Waals surface area contributed by atoms with Gasteiger partial charge in [0.15, 0.2) is 5.13 Å². The maximum Gasteiger partial charge on any atom is 0.306 e. The smallest absolute Gasteiger partial charge is 0.306 e. The summed E-state index contributed by atoms with van der Waals surface area (Å²) in [5.74, 6) is 0.551. The molecule has 0 aromatic carbocycles. The van der Waals surface area contributed by atoms with E-state index in [1.807, 2.05) is 43.5 Å². The number of anilines is 3. The Morgan fingerprint density at radius 1 is 1.21 bits per heavy atom. The first-order chi connectivity index (χ1) is 13.6. The van der Waals surface area contributed by atoms with Crippen LogP contribution in [0, 0.1) is 12.8 Å². The van der Waals surface area contributed by atoms with E-state index >= 15 is 0 Å². The average molecular weight is 395 g/mol. The fraction of sp³-hybridized carbons (Fsp3) is 0.300. The Hall–Kier alpha value is -3.00. The fourth-order valence-corrected chi connectivity index (χ4v) is 4.16. The van der Waals surface area contributed by atoms with Gasteiger partial charge < -0.3 is 15.3 Å². The number of pyridine rings is 2. The molecule has 1 fully saturated rings. The Morgan fingerprint density at radius 3 is 2.79 bits per heavy atom. The van der Waals surface area contributed by atoms with Crippen LogP contribution in [0.1, 0.15) is 18.4 Å². The average Bonchev–Trinajstić information content (AvgIpc) is 3.19. The molecule has 2 N–H and O–H groups in total. The van der Waals surface area contributed by atoms with Crippen molar-refractivity contribution >= 4 is 34.1 Å². The maximum atomic E-state index is 11.1. The number of nitrogens with zero attached hydrogens (tertiary/aromatic N) is 4. The van der Waals surface area contributed by atoms with Crippen molar-refractivity contribution in [3.05, 3.63) is 48.3 Å². The Balaban J connectivity index is 1.47. The Bertz CT molecular complexity index is 982. The molecule has 4 heterocycles. The van der Waals surface area contributed by atoms with E-state index in [4.69, 9.17) is 5.11 Å². The Kier molecular flexibility index (Phi) is 5.21. The number of thiazole rings is 1. The van der Waals surface area contributed by atoms with Crippen LogP contribution >= 0.6 is 11.3 Å². The van der Waals surface area contributed by atoms with Crippen LogP contribution in [-0.4, -0.2) is 39.1 Å². The van der Waals surface area contributed by atoms with Crippen molar-refractivity contribution in [3.63, 3.8) is 0 Å². The predicted octanol–water partition coefficient (Wildman–Crippen LogP) is 3.95.